The van der Waals surface area contributed by atoms with Crippen LogP contribution in [0.1, 0.15) is 10.4 Å². The second kappa shape index (κ2) is 5.29. The zero-order valence-electron chi connectivity index (χ0n) is 13.2. The number of carbonyl (C=O) groups is 1. The van der Waals surface area contributed by atoms with Crippen molar-refractivity contribution < 1.29 is 9.90 Å². The summed E-state index contributed by atoms with van der Waals surface area (Å²) in [7, 11) is 0. The van der Waals surface area contributed by atoms with E-state index in [4.69, 9.17) is 0 Å². The van der Waals surface area contributed by atoms with Gasteiger partial charge in [0.15, 0.2) is 28.3 Å². The number of aromatic nitrogens is 9. The highest BCUT2D eigenvalue weighted by molar-refractivity contribution is 6.08. The van der Waals surface area contributed by atoms with Crippen LogP contribution in [0.15, 0.2) is 30.1 Å². The Balaban J connectivity index is 1.66. The fourth-order valence-corrected chi connectivity index (χ4v) is 2.70. The third-order valence-electron chi connectivity index (χ3n) is 3.92. The van der Waals surface area contributed by atoms with Crippen LogP contribution in [0, 0.1) is 0 Å². The van der Waals surface area contributed by atoms with Crippen LogP contribution in [0.25, 0.3) is 28.0 Å². The van der Waals surface area contributed by atoms with E-state index in [1.807, 2.05) is 0 Å². The van der Waals surface area contributed by atoms with Crippen molar-refractivity contribution in [1.82, 2.24) is 44.3 Å². The molecule has 27 heavy (non-hydrogen) atoms. The van der Waals surface area contributed by atoms with Gasteiger partial charge in [-0.25, -0.2) is 29.3 Å². The molecule has 13 heteroatoms. The lowest BCUT2D eigenvalue weighted by Gasteiger charge is -2.07. The van der Waals surface area contributed by atoms with Gasteiger partial charge in [0.25, 0.3) is 11.5 Å². The molecule has 13 nitrogen and oxygen atoms in total. The maximum Gasteiger partial charge on any atom is 0.276 e. The largest absolute Gasteiger partial charge is 0.493 e. The molecule has 4 N–H and O–H groups in total. The third kappa shape index (κ3) is 2.11. The molecule has 0 aliphatic heterocycles. The van der Waals surface area contributed by atoms with E-state index in [0.717, 1.165) is 4.40 Å². The minimum absolute atomic E-state index is 0.0922. The third-order valence-corrected chi connectivity index (χ3v) is 3.92. The van der Waals surface area contributed by atoms with E-state index >= 15 is 0 Å². The average Bonchev–Trinajstić information content (AvgIpc) is 3.31. The van der Waals surface area contributed by atoms with E-state index in [1.165, 1.54) is 25.3 Å². The summed E-state index contributed by atoms with van der Waals surface area (Å²) in [5.74, 6) is -1.51. The number of anilines is 1. The van der Waals surface area contributed by atoms with Crippen LogP contribution in [0.5, 0.6) is 5.88 Å². The number of nitrogens with zero attached hydrogens (tertiary/aromatic N) is 7. The number of hydrogen-bond acceptors (Lipinski definition) is 9. The molecule has 132 valence electrons. The Morgan fingerprint density at radius 1 is 1.04 bits per heavy atom. The molecule has 0 bridgehead atoms. The fraction of sp³-hybridized carbons (Fsp3) is 0. The molecule has 0 atom stereocenters. The minimum Gasteiger partial charge on any atom is -0.493 e. The first-order valence-corrected chi connectivity index (χ1v) is 7.52. The molecule has 5 rings (SSSR count). The van der Waals surface area contributed by atoms with E-state index in [1.54, 1.807) is 0 Å². The first-order chi connectivity index (χ1) is 13.1. The molecule has 1 amide bonds. The number of fused-ring (bicyclic) bond motifs is 4. The van der Waals surface area contributed by atoms with Gasteiger partial charge < -0.3 is 20.4 Å². The van der Waals surface area contributed by atoms with E-state index in [2.05, 4.69) is 45.2 Å². The van der Waals surface area contributed by atoms with Crippen LogP contribution in [-0.2, 0) is 0 Å². The molecule has 0 aliphatic carbocycles. The van der Waals surface area contributed by atoms with Gasteiger partial charge in [0.2, 0.25) is 5.88 Å². The number of H-pyrrole nitrogens is 2. The monoisotopic (exact) mass is 364 g/mol. The molecule has 0 saturated carbocycles. The maximum absolute atomic E-state index is 12.7. The van der Waals surface area contributed by atoms with Crippen molar-refractivity contribution in [2.45, 2.75) is 0 Å². The molecule has 0 aromatic carbocycles. The number of aromatic hydroxyl groups is 1. The summed E-state index contributed by atoms with van der Waals surface area (Å²) in [6.45, 7) is 0. The molecule has 0 saturated heterocycles. The summed E-state index contributed by atoms with van der Waals surface area (Å²) in [5, 5.41) is 12.7. The summed E-state index contributed by atoms with van der Waals surface area (Å²) in [6.07, 6.45) is 5.16. The molecule has 0 spiro atoms. The first kappa shape index (κ1) is 14.9. The van der Waals surface area contributed by atoms with Gasteiger partial charge in [0, 0.05) is 0 Å². The van der Waals surface area contributed by atoms with Crippen molar-refractivity contribution in [2.75, 3.05) is 5.32 Å². The standard InChI is InChI=1S/C14H8N10O3/c25-12(22-10-6-8(17-1-15-6)19-3-20-10)5-13(26)23-11-7-9(18-2-16-7)21-4-24(11)14(5)27/h1-4,26H,(H,16,18)(H2,15,17,19,20,22,25). The van der Waals surface area contributed by atoms with Gasteiger partial charge in [-0.2, -0.15) is 4.98 Å². The van der Waals surface area contributed by atoms with E-state index in [9.17, 15) is 14.7 Å². The number of rotatable bonds is 2. The second-order valence-electron chi connectivity index (χ2n) is 5.43. The number of nitrogens with one attached hydrogen (secondary N) is 3. The zero-order valence-corrected chi connectivity index (χ0v) is 13.2. The molecule has 5 aromatic rings. The Labute approximate surface area is 147 Å². The lowest BCUT2D eigenvalue weighted by molar-refractivity contribution is 0.102. The van der Waals surface area contributed by atoms with Crippen molar-refractivity contribution in [3.63, 3.8) is 0 Å². The summed E-state index contributed by atoms with van der Waals surface area (Å²) >= 11 is 0. The molecular weight excluding hydrogens is 356 g/mol. The quantitative estimate of drug-likeness (QED) is 0.324. The van der Waals surface area contributed by atoms with Crippen LogP contribution in [0.2, 0.25) is 0 Å². The molecule has 0 radical (unpaired) electrons. The number of aromatic amines is 2. The molecule has 5 heterocycles. The predicted octanol–water partition coefficient (Wildman–Crippen LogP) is -0.410. The topological polar surface area (TPSA) is 180 Å². The zero-order chi connectivity index (χ0) is 18.5. The van der Waals surface area contributed by atoms with Gasteiger partial charge in [-0.05, 0) is 0 Å². The average molecular weight is 364 g/mol. The van der Waals surface area contributed by atoms with Crippen LogP contribution in [-0.4, -0.2) is 55.3 Å². The normalized spacial score (nSPS) is 11.4. The van der Waals surface area contributed by atoms with Crippen molar-refractivity contribution in [3.05, 3.63) is 41.2 Å². The van der Waals surface area contributed by atoms with Gasteiger partial charge in [0.05, 0.1) is 12.7 Å². The van der Waals surface area contributed by atoms with Crippen molar-refractivity contribution in [3.8, 4) is 5.88 Å². The van der Waals surface area contributed by atoms with Gasteiger partial charge >= 0.3 is 0 Å². The Bertz CT molecular complexity index is 1420. The lowest BCUT2D eigenvalue weighted by atomic mass is 10.3. The molecule has 0 unspecified atom stereocenters. The summed E-state index contributed by atoms with van der Waals surface area (Å²) in [5.41, 5.74) is 0.125. The fourth-order valence-electron chi connectivity index (χ4n) is 2.70. The Morgan fingerprint density at radius 2 is 1.78 bits per heavy atom. The van der Waals surface area contributed by atoms with Crippen LogP contribution in [0.3, 0.4) is 0 Å². The van der Waals surface area contributed by atoms with Gasteiger partial charge in [-0.15, -0.1) is 0 Å². The summed E-state index contributed by atoms with van der Waals surface area (Å²) in [4.78, 5) is 54.7. The summed E-state index contributed by atoms with van der Waals surface area (Å²) < 4.78 is 1.04. The van der Waals surface area contributed by atoms with E-state index in [0.29, 0.717) is 22.3 Å². The Kier molecular flexibility index (Phi) is 2.91. The number of carbonyl (C=O) groups excluding carboxylic acids is 1. The van der Waals surface area contributed by atoms with E-state index in [-0.39, 0.29) is 11.5 Å². The highest BCUT2D eigenvalue weighted by Gasteiger charge is 2.22. The van der Waals surface area contributed by atoms with Crippen LogP contribution >= 0.6 is 0 Å². The SMILES string of the molecule is O=C(Nc1ncnc2nc[nH]c12)c1c(O)nc2c3[nH]cnc3ncn2c1=O. The molecule has 0 fully saturated rings. The lowest BCUT2D eigenvalue weighted by Crippen LogP contribution is -2.27. The van der Waals surface area contributed by atoms with Crippen LogP contribution < -0.4 is 10.9 Å². The number of hydrogen-bond donors (Lipinski definition) is 4. The van der Waals surface area contributed by atoms with Gasteiger partial charge in [0.1, 0.15) is 23.7 Å². The molecule has 0 aliphatic rings. The first-order valence-electron chi connectivity index (χ1n) is 7.52. The Hall–Kier alpha value is -4.42. The van der Waals surface area contributed by atoms with Crippen molar-refractivity contribution in [2.24, 2.45) is 0 Å². The Morgan fingerprint density at radius 3 is 2.59 bits per heavy atom. The van der Waals surface area contributed by atoms with Gasteiger partial charge in [-0.3, -0.25) is 9.59 Å². The molecular formula is C14H8N10O3. The van der Waals surface area contributed by atoms with Gasteiger partial charge in [-0.1, -0.05) is 0 Å². The molecule has 5 aromatic heterocycles. The second-order valence-corrected chi connectivity index (χ2v) is 5.43. The number of amides is 1. The maximum atomic E-state index is 12.7. The summed E-state index contributed by atoms with van der Waals surface area (Å²) in [6, 6.07) is 0. The van der Waals surface area contributed by atoms with Crippen LogP contribution in [0.4, 0.5) is 5.82 Å². The van der Waals surface area contributed by atoms with Crippen molar-refractivity contribution >= 4 is 39.7 Å². The minimum atomic E-state index is -0.890. The smallest absolute Gasteiger partial charge is 0.276 e. The number of imidazole rings is 2. The highest BCUT2D eigenvalue weighted by Crippen LogP contribution is 2.19. The van der Waals surface area contributed by atoms with Crippen molar-refractivity contribution in [1.29, 1.82) is 0 Å². The predicted molar refractivity (Wildman–Crippen MR) is 90.2 cm³/mol. The van der Waals surface area contributed by atoms with E-state index < -0.39 is 22.9 Å². The highest BCUT2D eigenvalue weighted by atomic mass is 16.3.